The third-order valence-corrected chi connectivity index (χ3v) is 8.29. The van der Waals surface area contributed by atoms with Gasteiger partial charge in [0.05, 0.1) is 11.1 Å². The topological polar surface area (TPSA) is 82.9 Å². The summed E-state index contributed by atoms with van der Waals surface area (Å²) in [6.45, 7) is 14.6. The van der Waals surface area contributed by atoms with E-state index >= 15 is 0 Å². The van der Waals surface area contributed by atoms with Crippen molar-refractivity contribution in [3.8, 4) is 0 Å². The van der Waals surface area contributed by atoms with Gasteiger partial charge >= 0.3 is 0 Å². The van der Waals surface area contributed by atoms with Crippen molar-refractivity contribution >= 4 is 22.5 Å². The first-order valence-corrected chi connectivity index (χ1v) is 13.7. The number of fused-ring (bicyclic) bond motifs is 1. The molecule has 4 aromatic rings. The zero-order valence-electron chi connectivity index (χ0n) is 22.8. The first kappa shape index (κ1) is 26.5. The van der Waals surface area contributed by atoms with Crippen LogP contribution in [0.3, 0.4) is 0 Å². The Balaban J connectivity index is 1.53. The molecule has 1 aliphatic heterocycles. The second-order valence-electron chi connectivity index (χ2n) is 11.0. The zero-order valence-corrected chi connectivity index (χ0v) is 23.6. The number of rotatable bonds is 7. The molecule has 3 heterocycles. The van der Waals surface area contributed by atoms with Gasteiger partial charge in [-0.2, -0.15) is 0 Å². The van der Waals surface area contributed by atoms with Crippen LogP contribution in [0.1, 0.15) is 61.3 Å². The van der Waals surface area contributed by atoms with Crippen molar-refractivity contribution in [1.29, 1.82) is 0 Å². The number of aromatic amines is 1. The summed E-state index contributed by atoms with van der Waals surface area (Å²) in [5.41, 5.74) is 4.51. The lowest BCUT2D eigenvalue weighted by atomic mass is 9.98. The summed E-state index contributed by atoms with van der Waals surface area (Å²) in [7, 11) is 0. The molecule has 8 nitrogen and oxygen atoms in total. The predicted octanol–water partition coefficient (Wildman–Crippen LogP) is 4.84. The van der Waals surface area contributed by atoms with Crippen molar-refractivity contribution < 1.29 is 0 Å². The molecule has 0 aliphatic carbocycles. The Kier molecular flexibility index (Phi) is 7.40. The molecule has 0 spiro atoms. The Morgan fingerprint density at radius 3 is 2.53 bits per heavy atom. The molecule has 2 aromatic heterocycles. The molecule has 38 heavy (non-hydrogen) atoms. The van der Waals surface area contributed by atoms with E-state index in [9.17, 15) is 4.79 Å². The maximum atomic E-state index is 13.6. The summed E-state index contributed by atoms with van der Waals surface area (Å²) < 4.78 is 1.90. The van der Waals surface area contributed by atoms with E-state index < -0.39 is 0 Å². The molecule has 0 unspecified atom stereocenters. The Morgan fingerprint density at radius 2 is 1.82 bits per heavy atom. The maximum Gasteiger partial charge on any atom is 0.253 e. The van der Waals surface area contributed by atoms with E-state index in [1.807, 2.05) is 35.9 Å². The zero-order chi connectivity index (χ0) is 27.0. The largest absolute Gasteiger partial charge is 0.321 e. The van der Waals surface area contributed by atoms with Gasteiger partial charge in [0, 0.05) is 43.3 Å². The van der Waals surface area contributed by atoms with Crippen LogP contribution in [0.25, 0.3) is 10.9 Å². The Hall–Kier alpha value is -3.07. The van der Waals surface area contributed by atoms with E-state index in [1.54, 1.807) is 0 Å². The lowest BCUT2D eigenvalue weighted by molar-refractivity contribution is 0.0969. The summed E-state index contributed by atoms with van der Waals surface area (Å²) in [5.74, 6) is 0.700. The van der Waals surface area contributed by atoms with Gasteiger partial charge in [-0.1, -0.05) is 48.4 Å². The van der Waals surface area contributed by atoms with Gasteiger partial charge in [0.1, 0.15) is 6.04 Å². The highest BCUT2D eigenvalue weighted by atomic mass is 35.5. The molecule has 9 heteroatoms. The fourth-order valence-corrected chi connectivity index (χ4v) is 5.59. The fourth-order valence-electron chi connectivity index (χ4n) is 5.40. The Labute approximate surface area is 228 Å². The minimum absolute atomic E-state index is 0.100. The summed E-state index contributed by atoms with van der Waals surface area (Å²) in [4.78, 5) is 21.6. The van der Waals surface area contributed by atoms with Gasteiger partial charge in [-0.05, 0) is 79.3 Å². The number of tetrazole rings is 1. The average molecular weight is 534 g/mol. The third-order valence-electron chi connectivity index (χ3n) is 7.92. The average Bonchev–Trinajstić information content (AvgIpc) is 3.38. The number of nitrogens with one attached hydrogen (secondary N) is 1. The number of pyridine rings is 1. The molecule has 1 atom stereocenters. The minimum Gasteiger partial charge on any atom is -0.321 e. The van der Waals surface area contributed by atoms with Crippen LogP contribution in [0.15, 0.2) is 47.3 Å². The second kappa shape index (κ2) is 10.6. The van der Waals surface area contributed by atoms with Gasteiger partial charge in [0.2, 0.25) is 0 Å². The van der Waals surface area contributed by atoms with E-state index in [2.05, 4.69) is 76.2 Å². The minimum atomic E-state index is -0.368. The number of halogens is 1. The standard InChI is InChI=1S/C29H36ClN7O/c1-6-29(4,5)37-27(32-33-34-37)26(23-17-22-16-19(2)15-20(3)25(22)31-28(23)38)36-13-11-35(12-14-36)18-21-9-7-8-10-24(21)30/h7-10,15-17,26H,6,11-14,18H2,1-5H3,(H,31,38)/t26-/m1/s1. The fraction of sp³-hybridized carbons (Fsp3) is 0.448. The second-order valence-corrected chi connectivity index (χ2v) is 11.4. The highest BCUT2D eigenvalue weighted by molar-refractivity contribution is 6.31. The quantitative estimate of drug-likeness (QED) is 0.366. The van der Waals surface area contributed by atoms with Gasteiger partial charge < -0.3 is 4.98 Å². The molecule has 5 rings (SSSR count). The van der Waals surface area contributed by atoms with Crippen molar-refractivity contribution in [3.63, 3.8) is 0 Å². The molecule has 1 saturated heterocycles. The van der Waals surface area contributed by atoms with Crippen molar-refractivity contribution in [2.45, 2.75) is 59.2 Å². The number of aromatic nitrogens is 5. The Morgan fingerprint density at radius 1 is 1.08 bits per heavy atom. The number of H-pyrrole nitrogens is 1. The molecular weight excluding hydrogens is 498 g/mol. The van der Waals surface area contributed by atoms with Gasteiger partial charge in [-0.3, -0.25) is 14.6 Å². The first-order valence-electron chi connectivity index (χ1n) is 13.3. The SMILES string of the molecule is CCC(C)(C)n1nnnc1[C@@H](c1cc2cc(C)cc(C)c2[nH]c1=O)N1CCN(Cc2ccccc2Cl)CC1. The number of hydrogen-bond donors (Lipinski definition) is 1. The number of nitrogens with zero attached hydrogens (tertiary/aromatic N) is 6. The third kappa shape index (κ3) is 5.13. The molecular formula is C29H36ClN7O. The van der Waals surface area contributed by atoms with E-state index in [1.165, 1.54) is 0 Å². The van der Waals surface area contributed by atoms with Crippen LogP contribution in [-0.2, 0) is 12.1 Å². The molecule has 0 bridgehead atoms. The molecule has 2 aromatic carbocycles. The van der Waals surface area contributed by atoms with Gasteiger partial charge in [0.15, 0.2) is 5.82 Å². The Bertz CT molecular complexity index is 1500. The summed E-state index contributed by atoms with van der Waals surface area (Å²) in [6, 6.07) is 13.9. The lowest BCUT2D eigenvalue weighted by Crippen LogP contribution is -2.49. The maximum absolute atomic E-state index is 13.6. The molecule has 0 radical (unpaired) electrons. The molecule has 0 saturated carbocycles. The summed E-state index contributed by atoms with van der Waals surface area (Å²) in [5, 5.41) is 14.8. The highest BCUT2D eigenvalue weighted by Gasteiger charge is 2.35. The van der Waals surface area contributed by atoms with Crippen molar-refractivity contribution in [3.05, 3.63) is 85.9 Å². The van der Waals surface area contributed by atoms with E-state index in [4.69, 9.17) is 11.6 Å². The molecule has 1 aliphatic rings. The van der Waals surface area contributed by atoms with Crippen LogP contribution in [-0.4, -0.2) is 61.2 Å². The van der Waals surface area contributed by atoms with Gasteiger partial charge in [-0.15, -0.1) is 5.10 Å². The number of benzene rings is 2. The van der Waals surface area contributed by atoms with Crippen LogP contribution in [0.5, 0.6) is 0 Å². The van der Waals surface area contributed by atoms with Crippen LogP contribution in [0.2, 0.25) is 5.02 Å². The van der Waals surface area contributed by atoms with Crippen molar-refractivity contribution in [2.24, 2.45) is 0 Å². The smallest absolute Gasteiger partial charge is 0.253 e. The van der Waals surface area contributed by atoms with Crippen LogP contribution in [0, 0.1) is 13.8 Å². The van der Waals surface area contributed by atoms with Crippen LogP contribution < -0.4 is 5.56 Å². The lowest BCUT2D eigenvalue weighted by Gasteiger charge is -2.39. The normalized spacial score (nSPS) is 16.3. The van der Waals surface area contributed by atoms with Crippen molar-refractivity contribution in [1.82, 2.24) is 35.0 Å². The predicted molar refractivity (Wildman–Crippen MR) is 152 cm³/mol. The number of aryl methyl sites for hydroxylation is 2. The van der Waals surface area contributed by atoms with Gasteiger partial charge in [0.25, 0.3) is 5.56 Å². The molecule has 1 fully saturated rings. The van der Waals surface area contributed by atoms with E-state index in [-0.39, 0.29) is 17.1 Å². The van der Waals surface area contributed by atoms with Gasteiger partial charge in [-0.25, -0.2) is 4.68 Å². The number of piperazine rings is 1. The molecule has 0 amide bonds. The first-order chi connectivity index (χ1) is 18.2. The van der Waals surface area contributed by atoms with Crippen molar-refractivity contribution in [2.75, 3.05) is 26.2 Å². The van der Waals surface area contributed by atoms with E-state index in [0.29, 0.717) is 11.4 Å². The molecule has 200 valence electrons. The molecule has 1 N–H and O–H groups in total. The van der Waals surface area contributed by atoms with Crippen LogP contribution >= 0.6 is 11.6 Å². The summed E-state index contributed by atoms with van der Waals surface area (Å²) in [6.07, 6.45) is 0.857. The monoisotopic (exact) mass is 533 g/mol. The van der Waals surface area contributed by atoms with E-state index in [0.717, 1.165) is 71.8 Å². The van der Waals surface area contributed by atoms with Crippen LogP contribution in [0.4, 0.5) is 0 Å². The summed E-state index contributed by atoms with van der Waals surface area (Å²) >= 11 is 6.43. The number of hydrogen-bond acceptors (Lipinski definition) is 6. The highest BCUT2D eigenvalue weighted by Crippen LogP contribution is 2.32.